The maximum absolute atomic E-state index is 13.0. The van der Waals surface area contributed by atoms with E-state index < -0.39 is 40.0 Å². The van der Waals surface area contributed by atoms with Crippen LogP contribution in [0.25, 0.3) is 0 Å². The quantitative estimate of drug-likeness (QED) is 0.330. The maximum atomic E-state index is 13.0. The van der Waals surface area contributed by atoms with E-state index in [0.29, 0.717) is 5.75 Å². The van der Waals surface area contributed by atoms with E-state index in [2.05, 4.69) is 15.5 Å². The first-order chi connectivity index (χ1) is 14.7. The summed E-state index contributed by atoms with van der Waals surface area (Å²) in [4.78, 5) is 48.0. The zero-order valence-electron chi connectivity index (χ0n) is 16.5. The number of oxime groups is 1. The molecule has 4 N–H and O–H groups in total. The zero-order valence-corrected chi connectivity index (χ0v) is 18.1. The topological polar surface area (TPSA) is 147 Å². The summed E-state index contributed by atoms with van der Waals surface area (Å²) in [5.41, 5.74) is 5.76. The third-order valence-electron chi connectivity index (χ3n) is 4.93. The predicted octanol–water partition coefficient (Wildman–Crippen LogP) is 1.14. The molecule has 2 saturated heterocycles. The van der Waals surface area contributed by atoms with Crippen LogP contribution in [0.4, 0.5) is 5.13 Å². The Balaban J connectivity index is 1.55. The summed E-state index contributed by atoms with van der Waals surface area (Å²) in [6, 6.07) is 6.83. The van der Waals surface area contributed by atoms with Gasteiger partial charge in [-0.25, -0.2) is 9.78 Å². The Bertz CT molecular complexity index is 1070. The Morgan fingerprint density at radius 2 is 2.03 bits per heavy atom. The van der Waals surface area contributed by atoms with Crippen LogP contribution in [-0.2, 0) is 14.4 Å². The number of carboxylic acid groups (broad SMARTS) is 1. The van der Waals surface area contributed by atoms with Gasteiger partial charge in [-0.2, -0.15) is 0 Å². The van der Waals surface area contributed by atoms with Crippen LogP contribution in [0.5, 0.6) is 5.75 Å². The Morgan fingerprint density at radius 3 is 2.65 bits per heavy atom. The lowest BCUT2D eigenvalue weighted by atomic mass is 9.96. The highest BCUT2D eigenvalue weighted by Crippen LogP contribution is 2.50. The van der Waals surface area contributed by atoms with Gasteiger partial charge >= 0.3 is 5.97 Å². The van der Waals surface area contributed by atoms with Gasteiger partial charge in [0, 0.05) is 10.1 Å². The Kier molecular flexibility index (Phi) is 5.35. The number of benzene rings is 1. The van der Waals surface area contributed by atoms with E-state index in [-0.39, 0.29) is 16.5 Å². The van der Waals surface area contributed by atoms with Crippen molar-refractivity contribution in [2.24, 2.45) is 5.16 Å². The van der Waals surface area contributed by atoms with Crippen molar-refractivity contribution in [1.29, 1.82) is 0 Å². The molecule has 10 nitrogen and oxygen atoms in total. The molecule has 3 atom stereocenters. The van der Waals surface area contributed by atoms with Gasteiger partial charge in [0.1, 0.15) is 23.2 Å². The highest BCUT2D eigenvalue weighted by atomic mass is 32.2. The predicted molar refractivity (Wildman–Crippen MR) is 116 cm³/mol. The number of aromatic nitrogens is 1. The fourth-order valence-electron chi connectivity index (χ4n) is 3.54. The van der Waals surface area contributed by atoms with Crippen LogP contribution in [-0.4, -0.2) is 60.7 Å². The number of carbonyl (C=O) groups is 3. The molecule has 162 valence electrons. The molecule has 2 aliphatic heterocycles. The molecule has 2 fully saturated rings. The van der Waals surface area contributed by atoms with Gasteiger partial charge < -0.3 is 25.9 Å². The van der Waals surface area contributed by atoms with Crippen LogP contribution in [0.1, 0.15) is 19.5 Å². The summed E-state index contributed by atoms with van der Waals surface area (Å²) < 4.78 is -0.692. The second-order valence-electron chi connectivity index (χ2n) is 7.46. The van der Waals surface area contributed by atoms with Crippen molar-refractivity contribution < 1.29 is 24.3 Å². The number of nitrogens with zero attached hydrogens (tertiary/aromatic N) is 3. The van der Waals surface area contributed by atoms with E-state index in [1.807, 2.05) is 6.07 Å². The molecule has 2 aromatic rings. The van der Waals surface area contributed by atoms with E-state index in [1.165, 1.54) is 16.7 Å². The molecule has 0 aliphatic carbocycles. The second kappa shape index (κ2) is 7.85. The molecule has 2 aliphatic rings. The molecular weight excluding hydrogens is 442 g/mol. The average Bonchev–Trinajstić information content (AvgIpc) is 3.25. The third kappa shape index (κ3) is 3.83. The molecule has 31 heavy (non-hydrogen) atoms. The molecule has 3 heterocycles. The molecule has 4 rings (SSSR count). The van der Waals surface area contributed by atoms with Gasteiger partial charge in [0.05, 0.1) is 0 Å². The van der Waals surface area contributed by atoms with Crippen molar-refractivity contribution in [3.8, 4) is 5.75 Å². The molecule has 1 aromatic heterocycles. The number of β-lactam (4-membered cyclic amide) rings is 1. The van der Waals surface area contributed by atoms with E-state index in [9.17, 15) is 19.5 Å². The lowest BCUT2D eigenvalue weighted by molar-refractivity contribution is -0.160. The minimum atomic E-state index is -1.07. The summed E-state index contributed by atoms with van der Waals surface area (Å²) in [6.45, 7) is 3.53. The summed E-state index contributed by atoms with van der Waals surface area (Å²) in [5, 5.41) is 17.4. The number of nitrogen functional groups attached to an aromatic ring is 1. The van der Waals surface area contributed by atoms with Gasteiger partial charge in [-0.1, -0.05) is 23.4 Å². The monoisotopic (exact) mass is 461 g/mol. The van der Waals surface area contributed by atoms with Gasteiger partial charge in [-0.05, 0) is 26.0 Å². The SMILES string of the molecule is CC1(C)S[C@@H]2[C@@H](NC(=O)C(=NOc3ccccc3)c3csc(N)n3)C(=O)N2[C@H]1C(=O)O. The maximum Gasteiger partial charge on any atom is 0.327 e. The van der Waals surface area contributed by atoms with Crippen molar-refractivity contribution in [3.63, 3.8) is 0 Å². The number of thiazole rings is 1. The molecule has 0 spiro atoms. The van der Waals surface area contributed by atoms with Crippen LogP contribution >= 0.6 is 23.1 Å². The van der Waals surface area contributed by atoms with E-state index in [4.69, 9.17) is 10.6 Å². The van der Waals surface area contributed by atoms with E-state index >= 15 is 0 Å². The van der Waals surface area contributed by atoms with Gasteiger partial charge in [-0.15, -0.1) is 23.1 Å². The average molecular weight is 462 g/mol. The number of anilines is 1. The summed E-state index contributed by atoms with van der Waals surface area (Å²) in [7, 11) is 0. The number of para-hydroxylation sites is 1. The number of aliphatic carboxylic acids is 1. The summed E-state index contributed by atoms with van der Waals surface area (Å²) in [6.07, 6.45) is 0. The Morgan fingerprint density at radius 1 is 1.32 bits per heavy atom. The molecule has 0 unspecified atom stereocenters. The number of rotatable bonds is 6. The molecule has 0 radical (unpaired) electrons. The number of hydrogen-bond acceptors (Lipinski definition) is 9. The molecular formula is C19H19N5O5S2. The number of carbonyl (C=O) groups excluding carboxylic acids is 2. The first-order valence-electron chi connectivity index (χ1n) is 9.24. The van der Waals surface area contributed by atoms with Gasteiger partial charge in [0.2, 0.25) is 5.91 Å². The fourth-order valence-corrected chi connectivity index (χ4v) is 5.71. The van der Waals surface area contributed by atoms with Crippen molar-refractivity contribution in [2.75, 3.05) is 5.73 Å². The minimum Gasteiger partial charge on any atom is -0.480 e. The van der Waals surface area contributed by atoms with Crippen molar-refractivity contribution in [3.05, 3.63) is 41.4 Å². The minimum absolute atomic E-state index is 0.139. The molecule has 1 aromatic carbocycles. The number of carboxylic acids is 1. The summed E-state index contributed by atoms with van der Waals surface area (Å²) >= 11 is 2.47. The van der Waals surface area contributed by atoms with Gasteiger partial charge in [-0.3, -0.25) is 9.59 Å². The number of fused-ring (bicyclic) bond motifs is 1. The molecule has 2 amide bonds. The number of amides is 2. The highest BCUT2D eigenvalue weighted by Gasteiger charge is 2.64. The van der Waals surface area contributed by atoms with Crippen LogP contribution in [0.3, 0.4) is 0 Å². The first kappa shape index (κ1) is 21.1. The molecule has 0 bridgehead atoms. The Hall–Kier alpha value is -3.12. The van der Waals surface area contributed by atoms with Crippen molar-refractivity contribution in [1.82, 2.24) is 15.2 Å². The van der Waals surface area contributed by atoms with Crippen LogP contribution in [0.2, 0.25) is 0 Å². The molecule has 0 saturated carbocycles. The van der Waals surface area contributed by atoms with Crippen molar-refractivity contribution >= 4 is 51.7 Å². The lowest BCUT2D eigenvalue weighted by Crippen LogP contribution is -2.71. The third-order valence-corrected chi connectivity index (χ3v) is 7.17. The number of hydrogen-bond donors (Lipinski definition) is 3. The fraction of sp³-hybridized carbons (Fsp3) is 0.316. The highest BCUT2D eigenvalue weighted by molar-refractivity contribution is 8.01. The van der Waals surface area contributed by atoms with E-state index in [1.54, 1.807) is 43.5 Å². The van der Waals surface area contributed by atoms with E-state index in [0.717, 1.165) is 11.3 Å². The number of nitrogens with one attached hydrogen (secondary N) is 1. The largest absolute Gasteiger partial charge is 0.480 e. The van der Waals surface area contributed by atoms with Crippen LogP contribution < -0.4 is 15.9 Å². The number of thioether (sulfide) groups is 1. The van der Waals surface area contributed by atoms with Crippen LogP contribution in [0.15, 0.2) is 40.9 Å². The zero-order chi connectivity index (χ0) is 22.3. The van der Waals surface area contributed by atoms with Crippen LogP contribution in [0, 0.1) is 0 Å². The second-order valence-corrected chi connectivity index (χ2v) is 10.1. The standard InChI is InChI=1S/C19H19N5O5S2/c1-19(2)13(17(27)28)24-15(26)12(16(24)31-19)22-14(25)11(10-8-30-18(20)21-10)23-29-9-6-4-3-5-7-9/h3-8,12-13,16H,1-2H3,(H2,20,21)(H,22,25)(H,27,28)/t12-,13-,16+/m0/s1. The first-order valence-corrected chi connectivity index (χ1v) is 11.0. The smallest absolute Gasteiger partial charge is 0.327 e. The summed E-state index contributed by atoms with van der Waals surface area (Å²) in [5.74, 6) is -1.78. The van der Waals surface area contributed by atoms with Gasteiger partial charge in [0.15, 0.2) is 16.6 Å². The Labute approximate surface area is 185 Å². The lowest BCUT2D eigenvalue weighted by Gasteiger charge is -2.43. The molecule has 12 heteroatoms. The number of nitrogens with two attached hydrogens (primary N) is 1. The normalized spacial score (nSPS) is 24.3. The van der Waals surface area contributed by atoms with Gasteiger partial charge in [0.25, 0.3) is 5.91 Å². The van der Waals surface area contributed by atoms with Crippen molar-refractivity contribution in [2.45, 2.75) is 36.1 Å².